The average molecular weight is 269 g/mol. The Labute approximate surface area is 121 Å². The van der Waals surface area contributed by atoms with Crippen molar-refractivity contribution in [2.75, 3.05) is 13.2 Å². The van der Waals surface area contributed by atoms with E-state index >= 15 is 0 Å². The lowest BCUT2D eigenvalue weighted by Crippen LogP contribution is -2.28. The van der Waals surface area contributed by atoms with Crippen LogP contribution in [-0.4, -0.2) is 19.3 Å². The molecule has 0 aliphatic carbocycles. The van der Waals surface area contributed by atoms with Crippen molar-refractivity contribution < 1.29 is 4.74 Å². The molecule has 2 nitrogen and oxygen atoms in total. The molecule has 2 heteroatoms. The quantitative estimate of drug-likeness (QED) is 0.908. The van der Waals surface area contributed by atoms with Crippen LogP contribution in [0.4, 0.5) is 0 Å². The smallest absolute Gasteiger partial charge is 0.0551 e. The third kappa shape index (κ3) is 2.72. The van der Waals surface area contributed by atoms with E-state index < -0.39 is 0 Å². The molecular weight excluding hydrogens is 246 g/mol. The standard InChI is InChI=1S/C18H23NO/c1-3-19-18(17-10-13(2)20-12-17)16-9-8-14-6-4-5-7-15(14)11-16/h4-9,11,13,17-19H,3,10,12H2,1-2H3. The van der Waals surface area contributed by atoms with Crippen molar-refractivity contribution in [3.05, 3.63) is 48.0 Å². The highest BCUT2D eigenvalue weighted by molar-refractivity contribution is 5.83. The molecule has 1 heterocycles. The highest BCUT2D eigenvalue weighted by atomic mass is 16.5. The average Bonchev–Trinajstić information content (AvgIpc) is 2.90. The number of hydrogen-bond acceptors (Lipinski definition) is 2. The number of fused-ring (bicyclic) bond motifs is 1. The summed E-state index contributed by atoms with van der Waals surface area (Å²) in [5.74, 6) is 0.575. The van der Waals surface area contributed by atoms with Gasteiger partial charge in [-0.3, -0.25) is 0 Å². The Kier molecular flexibility index (Phi) is 4.04. The summed E-state index contributed by atoms with van der Waals surface area (Å²) < 4.78 is 5.76. The molecule has 2 aromatic rings. The van der Waals surface area contributed by atoms with E-state index in [-0.39, 0.29) is 0 Å². The van der Waals surface area contributed by atoms with Gasteiger partial charge in [0.2, 0.25) is 0 Å². The Morgan fingerprint density at radius 3 is 2.70 bits per heavy atom. The second-order valence-electron chi connectivity index (χ2n) is 5.78. The molecule has 20 heavy (non-hydrogen) atoms. The van der Waals surface area contributed by atoms with Gasteiger partial charge in [0, 0.05) is 12.0 Å². The van der Waals surface area contributed by atoms with Crippen LogP contribution in [0.25, 0.3) is 10.8 Å². The monoisotopic (exact) mass is 269 g/mol. The summed E-state index contributed by atoms with van der Waals surface area (Å²) in [6.45, 7) is 6.20. The van der Waals surface area contributed by atoms with Crippen molar-refractivity contribution in [1.82, 2.24) is 5.32 Å². The Morgan fingerprint density at radius 1 is 1.20 bits per heavy atom. The number of nitrogens with one attached hydrogen (secondary N) is 1. The normalized spacial score (nSPS) is 24.1. The van der Waals surface area contributed by atoms with Crippen LogP contribution in [0.1, 0.15) is 31.9 Å². The lowest BCUT2D eigenvalue weighted by atomic mass is 9.90. The SMILES string of the molecule is CCNC(c1ccc2ccccc2c1)C1COC(C)C1. The van der Waals surface area contributed by atoms with Crippen molar-refractivity contribution in [3.8, 4) is 0 Å². The zero-order valence-corrected chi connectivity index (χ0v) is 12.3. The first-order chi connectivity index (χ1) is 9.78. The second kappa shape index (κ2) is 5.94. The van der Waals surface area contributed by atoms with E-state index in [9.17, 15) is 0 Å². The van der Waals surface area contributed by atoms with Gasteiger partial charge in [-0.15, -0.1) is 0 Å². The largest absolute Gasteiger partial charge is 0.378 e. The van der Waals surface area contributed by atoms with Gasteiger partial charge in [-0.05, 0) is 42.3 Å². The van der Waals surface area contributed by atoms with E-state index in [1.54, 1.807) is 0 Å². The first-order valence-electron chi connectivity index (χ1n) is 7.61. The summed E-state index contributed by atoms with van der Waals surface area (Å²) in [6, 6.07) is 15.8. The van der Waals surface area contributed by atoms with E-state index in [4.69, 9.17) is 4.74 Å². The number of hydrogen-bond donors (Lipinski definition) is 1. The lowest BCUT2D eigenvalue weighted by Gasteiger charge is -2.24. The van der Waals surface area contributed by atoms with E-state index in [0.717, 1.165) is 19.6 Å². The van der Waals surface area contributed by atoms with Crippen molar-refractivity contribution in [1.29, 1.82) is 0 Å². The van der Waals surface area contributed by atoms with Crippen LogP contribution in [0.3, 0.4) is 0 Å². The van der Waals surface area contributed by atoms with Crippen LogP contribution in [0.5, 0.6) is 0 Å². The van der Waals surface area contributed by atoms with Gasteiger partial charge >= 0.3 is 0 Å². The molecule has 0 saturated carbocycles. The molecule has 0 aromatic heterocycles. The van der Waals surface area contributed by atoms with Gasteiger partial charge in [-0.1, -0.05) is 43.3 Å². The molecule has 0 amide bonds. The predicted molar refractivity (Wildman–Crippen MR) is 83.9 cm³/mol. The molecule has 2 aromatic carbocycles. The maximum atomic E-state index is 5.76. The maximum Gasteiger partial charge on any atom is 0.0551 e. The Bertz CT molecular complexity index is 580. The third-order valence-corrected chi connectivity index (χ3v) is 4.26. The van der Waals surface area contributed by atoms with Crippen molar-refractivity contribution in [2.45, 2.75) is 32.4 Å². The Morgan fingerprint density at radius 2 is 2.00 bits per heavy atom. The minimum atomic E-state index is 0.390. The number of benzene rings is 2. The van der Waals surface area contributed by atoms with Crippen LogP contribution in [0, 0.1) is 5.92 Å². The van der Waals surface area contributed by atoms with Gasteiger partial charge in [-0.2, -0.15) is 0 Å². The van der Waals surface area contributed by atoms with Gasteiger partial charge in [0.25, 0.3) is 0 Å². The molecule has 1 fully saturated rings. The number of ether oxygens (including phenoxy) is 1. The van der Waals surface area contributed by atoms with Crippen LogP contribution < -0.4 is 5.32 Å². The van der Waals surface area contributed by atoms with Gasteiger partial charge in [0.1, 0.15) is 0 Å². The van der Waals surface area contributed by atoms with Crippen molar-refractivity contribution >= 4 is 10.8 Å². The number of rotatable bonds is 4. The van der Waals surface area contributed by atoms with Crippen LogP contribution in [0.2, 0.25) is 0 Å². The summed E-state index contributed by atoms with van der Waals surface area (Å²) in [5, 5.41) is 6.27. The van der Waals surface area contributed by atoms with Gasteiger partial charge in [0.15, 0.2) is 0 Å². The minimum Gasteiger partial charge on any atom is -0.378 e. The van der Waals surface area contributed by atoms with E-state index in [1.807, 2.05) is 0 Å². The third-order valence-electron chi connectivity index (χ3n) is 4.26. The second-order valence-corrected chi connectivity index (χ2v) is 5.78. The minimum absolute atomic E-state index is 0.390. The lowest BCUT2D eigenvalue weighted by molar-refractivity contribution is 0.117. The first kappa shape index (κ1) is 13.6. The molecule has 1 N–H and O–H groups in total. The summed E-state index contributed by atoms with van der Waals surface area (Å²) in [6.07, 6.45) is 1.53. The van der Waals surface area contributed by atoms with E-state index in [0.29, 0.717) is 18.1 Å². The zero-order chi connectivity index (χ0) is 13.9. The molecule has 3 unspecified atom stereocenters. The van der Waals surface area contributed by atoms with Gasteiger partial charge in [-0.25, -0.2) is 0 Å². The molecule has 106 valence electrons. The molecule has 0 radical (unpaired) electrons. The fraction of sp³-hybridized carbons (Fsp3) is 0.444. The topological polar surface area (TPSA) is 21.3 Å². The molecule has 3 rings (SSSR count). The summed E-state index contributed by atoms with van der Waals surface area (Å²) in [7, 11) is 0. The molecule has 3 atom stereocenters. The van der Waals surface area contributed by atoms with Crippen molar-refractivity contribution in [3.63, 3.8) is 0 Å². The summed E-state index contributed by atoms with van der Waals surface area (Å²) in [5.41, 5.74) is 1.38. The highest BCUT2D eigenvalue weighted by Crippen LogP contribution is 2.32. The summed E-state index contributed by atoms with van der Waals surface area (Å²) in [4.78, 5) is 0. The van der Waals surface area contributed by atoms with Gasteiger partial charge < -0.3 is 10.1 Å². The molecule has 1 aliphatic heterocycles. The van der Waals surface area contributed by atoms with Gasteiger partial charge in [0.05, 0.1) is 12.7 Å². The Hall–Kier alpha value is -1.38. The fourth-order valence-electron chi connectivity index (χ4n) is 3.26. The highest BCUT2D eigenvalue weighted by Gasteiger charge is 2.30. The van der Waals surface area contributed by atoms with Crippen LogP contribution in [-0.2, 0) is 4.74 Å². The predicted octanol–water partition coefficient (Wildman–Crippen LogP) is 3.92. The molecule has 1 aliphatic rings. The molecule has 0 bridgehead atoms. The van der Waals surface area contributed by atoms with E-state index in [2.05, 4.69) is 61.6 Å². The molecule has 1 saturated heterocycles. The van der Waals surface area contributed by atoms with Crippen LogP contribution in [0.15, 0.2) is 42.5 Å². The first-order valence-corrected chi connectivity index (χ1v) is 7.61. The van der Waals surface area contributed by atoms with Crippen molar-refractivity contribution in [2.24, 2.45) is 5.92 Å². The summed E-state index contributed by atoms with van der Waals surface area (Å²) >= 11 is 0. The molecule has 0 spiro atoms. The molecular formula is C18H23NO. The zero-order valence-electron chi connectivity index (χ0n) is 12.3. The maximum absolute atomic E-state index is 5.76. The van der Waals surface area contributed by atoms with Crippen LogP contribution >= 0.6 is 0 Å². The van der Waals surface area contributed by atoms with E-state index in [1.165, 1.54) is 16.3 Å². The Balaban J connectivity index is 1.92. The fourth-order valence-corrected chi connectivity index (χ4v) is 3.26.